The van der Waals surface area contributed by atoms with Gasteiger partial charge in [-0.05, 0) is 25.8 Å². The lowest BCUT2D eigenvalue weighted by atomic mass is 10.4. The molecule has 1 saturated carbocycles. The number of nitrogens with one attached hydrogen (secondary N) is 3. The summed E-state index contributed by atoms with van der Waals surface area (Å²) in [5.74, 6) is 0.741. The van der Waals surface area contributed by atoms with Crippen molar-refractivity contribution in [3.05, 3.63) is 16.7 Å². The standard InChI is InChI=1S/C11H18N4O2/c1-17-9-10(14-7-15-11(9)16)13-6-2-5-12-8-3-4-8/h7-8,12H,2-6H2,1H3,(H2,13,14,15,16). The Balaban J connectivity index is 1.77. The van der Waals surface area contributed by atoms with E-state index in [4.69, 9.17) is 4.74 Å². The molecular weight excluding hydrogens is 220 g/mol. The van der Waals surface area contributed by atoms with Gasteiger partial charge in [0.15, 0.2) is 5.82 Å². The van der Waals surface area contributed by atoms with Gasteiger partial charge in [0.1, 0.15) is 0 Å². The van der Waals surface area contributed by atoms with E-state index in [2.05, 4.69) is 20.6 Å². The molecule has 0 aromatic carbocycles. The van der Waals surface area contributed by atoms with Gasteiger partial charge >= 0.3 is 0 Å². The van der Waals surface area contributed by atoms with Crippen molar-refractivity contribution < 1.29 is 4.74 Å². The fourth-order valence-electron chi connectivity index (χ4n) is 1.59. The van der Waals surface area contributed by atoms with E-state index in [-0.39, 0.29) is 11.3 Å². The lowest BCUT2D eigenvalue weighted by Gasteiger charge is -2.08. The maximum Gasteiger partial charge on any atom is 0.295 e. The summed E-state index contributed by atoms with van der Waals surface area (Å²) in [5, 5.41) is 6.53. The lowest BCUT2D eigenvalue weighted by Crippen LogP contribution is -2.21. The first-order valence-electron chi connectivity index (χ1n) is 5.90. The van der Waals surface area contributed by atoms with Crippen molar-refractivity contribution >= 4 is 5.82 Å². The topological polar surface area (TPSA) is 79.0 Å². The molecule has 0 saturated heterocycles. The van der Waals surface area contributed by atoms with Crippen LogP contribution in [0.4, 0.5) is 5.82 Å². The van der Waals surface area contributed by atoms with Crippen molar-refractivity contribution in [3.8, 4) is 5.75 Å². The van der Waals surface area contributed by atoms with Gasteiger partial charge < -0.3 is 20.4 Å². The first-order valence-corrected chi connectivity index (χ1v) is 5.90. The SMILES string of the molecule is COc1c(NCCCNC2CC2)nc[nH]c1=O. The fourth-order valence-corrected chi connectivity index (χ4v) is 1.59. The molecule has 0 atom stereocenters. The van der Waals surface area contributed by atoms with Crippen LogP contribution in [0, 0.1) is 0 Å². The number of aromatic amines is 1. The third-order valence-electron chi connectivity index (χ3n) is 2.67. The molecule has 6 heteroatoms. The van der Waals surface area contributed by atoms with Crippen LogP contribution in [-0.2, 0) is 0 Å². The molecule has 1 aromatic heterocycles. The summed E-state index contributed by atoms with van der Waals surface area (Å²) in [6.07, 6.45) is 4.97. The summed E-state index contributed by atoms with van der Waals surface area (Å²) in [5.41, 5.74) is -0.263. The van der Waals surface area contributed by atoms with Gasteiger partial charge in [-0.2, -0.15) is 0 Å². The number of anilines is 1. The van der Waals surface area contributed by atoms with Crippen LogP contribution >= 0.6 is 0 Å². The quantitative estimate of drug-likeness (QED) is 0.597. The Morgan fingerprint density at radius 1 is 1.53 bits per heavy atom. The van der Waals surface area contributed by atoms with E-state index in [9.17, 15) is 4.79 Å². The third kappa shape index (κ3) is 3.45. The Hall–Kier alpha value is -1.56. The largest absolute Gasteiger partial charge is 0.489 e. The van der Waals surface area contributed by atoms with Gasteiger partial charge in [-0.3, -0.25) is 4.79 Å². The second kappa shape index (κ2) is 5.67. The van der Waals surface area contributed by atoms with Gasteiger partial charge in [-0.25, -0.2) is 4.98 Å². The molecule has 1 aliphatic rings. The van der Waals surface area contributed by atoms with Gasteiger partial charge in [-0.1, -0.05) is 0 Å². The number of aromatic nitrogens is 2. The van der Waals surface area contributed by atoms with Crippen LogP contribution in [0.25, 0.3) is 0 Å². The van der Waals surface area contributed by atoms with Gasteiger partial charge in [0.25, 0.3) is 5.56 Å². The molecule has 0 radical (unpaired) electrons. The summed E-state index contributed by atoms with van der Waals surface area (Å²) >= 11 is 0. The molecule has 6 nitrogen and oxygen atoms in total. The highest BCUT2D eigenvalue weighted by Crippen LogP contribution is 2.18. The smallest absolute Gasteiger partial charge is 0.295 e. The minimum absolute atomic E-state index is 0.239. The molecule has 94 valence electrons. The van der Waals surface area contributed by atoms with Crippen LogP contribution in [0.1, 0.15) is 19.3 Å². The zero-order valence-corrected chi connectivity index (χ0v) is 9.95. The van der Waals surface area contributed by atoms with Crippen LogP contribution in [0.5, 0.6) is 5.75 Å². The van der Waals surface area contributed by atoms with E-state index in [1.165, 1.54) is 26.3 Å². The molecular formula is C11H18N4O2. The number of H-pyrrole nitrogens is 1. The lowest BCUT2D eigenvalue weighted by molar-refractivity contribution is 0.408. The first-order chi connectivity index (χ1) is 8.31. The highest BCUT2D eigenvalue weighted by Gasteiger charge is 2.19. The Kier molecular flexibility index (Phi) is 3.98. The van der Waals surface area contributed by atoms with E-state index < -0.39 is 0 Å². The van der Waals surface area contributed by atoms with Crippen molar-refractivity contribution in [1.82, 2.24) is 15.3 Å². The molecule has 1 heterocycles. The van der Waals surface area contributed by atoms with E-state index in [0.29, 0.717) is 5.82 Å². The number of rotatable bonds is 7. The van der Waals surface area contributed by atoms with Crippen molar-refractivity contribution in [3.63, 3.8) is 0 Å². The molecule has 0 unspecified atom stereocenters. The van der Waals surface area contributed by atoms with Crippen molar-refractivity contribution in [2.75, 3.05) is 25.5 Å². The molecule has 1 fully saturated rings. The maximum absolute atomic E-state index is 11.4. The van der Waals surface area contributed by atoms with Crippen molar-refractivity contribution in [2.24, 2.45) is 0 Å². The Bertz CT molecular complexity index is 414. The zero-order valence-electron chi connectivity index (χ0n) is 9.95. The molecule has 2 rings (SSSR count). The summed E-state index contributed by atoms with van der Waals surface area (Å²) in [6.45, 7) is 1.76. The number of hydrogen-bond donors (Lipinski definition) is 3. The van der Waals surface area contributed by atoms with Gasteiger partial charge in [-0.15, -0.1) is 0 Å². The molecule has 1 aromatic rings. The summed E-state index contributed by atoms with van der Waals surface area (Å²) < 4.78 is 5.00. The highest BCUT2D eigenvalue weighted by molar-refractivity contribution is 5.47. The van der Waals surface area contributed by atoms with E-state index in [0.717, 1.165) is 25.6 Å². The van der Waals surface area contributed by atoms with Crippen LogP contribution in [0.3, 0.4) is 0 Å². The van der Waals surface area contributed by atoms with Crippen LogP contribution < -0.4 is 20.9 Å². The van der Waals surface area contributed by atoms with E-state index >= 15 is 0 Å². The van der Waals surface area contributed by atoms with Crippen LogP contribution in [-0.4, -0.2) is 36.2 Å². The predicted octanol–water partition coefficient (Wildman–Crippen LogP) is 0.332. The number of nitrogens with zero attached hydrogens (tertiary/aromatic N) is 1. The molecule has 0 bridgehead atoms. The molecule has 3 N–H and O–H groups in total. The minimum Gasteiger partial charge on any atom is -0.489 e. The Morgan fingerprint density at radius 3 is 3.06 bits per heavy atom. The number of hydrogen-bond acceptors (Lipinski definition) is 5. The fraction of sp³-hybridized carbons (Fsp3) is 0.636. The average Bonchev–Trinajstić information content (AvgIpc) is 3.13. The second-order valence-corrected chi connectivity index (χ2v) is 4.12. The molecule has 17 heavy (non-hydrogen) atoms. The average molecular weight is 238 g/mol. The van der Waals surface area contributed by atoms with Crippen LogP contribution in [0.2, 0.25) is 0 Å². The number of methoxy groups -OCH3 is 1. The van der Waals surface area contributed by atoms with E-state index in [1.807, 2.05) is 0 Å². The Labute approximate surface area is 99.8 Å². The molecule has 1 aliphatic carbocycles. The summed E-state index contributed by atoms with van der Waals surface area (Å²) in [4.78, 5) is 17.9. The molecule has 0 spiro atoms. The van der Waals surface area contributed by atoms with Gasteiger partial charge in [0.2, 0.25) is 5.75 Å². The minimum atomic E-state index is -0.263. The normalized spacial score (nSPS) is 14.6. The first kappa shape index (κ1) is 11.9. The summed E-state index contributed by atoms with van der Waals surface area (Å²) in [6, 6.07) is 0.738. The predicted molar refractivity (Wildman–Crippen MR) is 65.5 cm³/mol. The third-order valence-corrected chi connectivity index (χ3v) is 2.67. The van der Waals surface area contributed by atoms with Crippen LogP contribution in [0.15, 0.2) is 11.1 Å². The van der Waals surface area contributed by atoms with Crippen molar-refractivity contribution in [2.45, 2.75) is 25.3 Å². The molecule has 0 amide bonds. The Morgan fingerprint density at radius 2 is 2.35 bits per heavy atom. The van der Waals surface area contributed by atoms with Gasteiger partial charge in [0.05, 0.1) is 13.4 Å². The molecule has 0 aliphatic heterocycles. The second-order valence-electron chi connectivity index (χ2n) is 4.12. The monoisotopic (exact) mass is 238 g/mol. The van der Waals surface area contributed by atoms with Gasteiger partial charge in [0, 0.05) is 12.6 Å². The maximum atomic E-state index is 11.4. The zero-order chi connectivity index (χ0) is 12.1. The summed E-state index contributed by atoms with van der Waals surface area (Å²) in [7, 11) is 1.46. The number of ether oxygens (including phenoxy) is 1. The van der Waals surface area contributed by atoms with Crippen molar-refractivity contribution in [1.29, 1.82) is 0 Å². The highest BCUT2D eigenvalue weighted by atomic mass is 16.5. The van der Waals surface area contributed by atoms with E-state index in [1.54, 1.807) is 0 Å².